The van der Waals surface area contributed by atoms with Gasteiger partial charge in [-0.15, -0.1) is 22.7 Å². The van der Waals surface area contributed by atoms with Gasteiger partial charge in [-0.2, -0.15) is 5.10 Å². The molecule has 0 spiro atoms. The number of rotatable bonds is 8. The maximum atomic E-state index is 12.7. The number of H-pyrrole nitrogens is 1. The molecule has 162 valence electrons. The number of sulfonamides is 1. The van der Waals surface area contributed by atoms with Crippen LogP contribution in [-0.2, 0) is 26.3 Å². The molecule has 0 aliphatic heterocycles. The minimum atomic E-state index is -3.78. The minimum Gasteiger partial charge on any atom is -0.276 e. The first-order chi connectivity index (χ1) is 14.8. The van der Waals surface area contributed by atoms with Crippen LogP contribution in [0.2, 0.25) is 0 Å². The molecule has 0 aliphatic rings. The molecular formula is C20H19N3O4S4. The molecule has 3 heterocycles. The quantitative estimate of drug-likeness (QED) is 0.388. The average Bonchev–Trinajstić information content (AvgIpc) is 3.48. The van der Waals surface area contributed by atoms with Gasteiger partial charge >= 0.3 is 0 Å². The molecule has 0 radical (unpaired) electrons. The van der Waals surface area contributed by atoms with Crippen molar-refractivity contribution in [1.29, 1.82) is 0 Å². The van der Waals surface area contributed by atoms with Gasteiger partial charge in [0.1, 0.15) is 5.69 Å². The molecule has 0 saturated carbocycles. The highest BCUT2D eigenvalue weighted by Gasteiger charge is 2.20. The summed E-state index contributed by atoms with van der Waals surface area (Å²) in [6.07, 6.45) is 1.52. The van der Waals surface area contributed by atoms with Crippen molar-refractivity contribution in [3.8, 4) is 21.1 Å². The molecule has 0 bridgehead atoms. The van der Waals surface area contributed by atoms with E-state index in [0.29, 0.717) is 6.42 Å². The van der Waals surface area contributed by atoms with Crippen molar-refractivity contribution in [2.75, 3.05) is 12.8 Å². The largest absolute Gasteiger partial charge is 0.276 e. The van der Waals surface area contributed by atoms with Gasteiger partial charge in [0, 0.05) is 18.4 Å². The minimum absolute atomic E-state index is 0.0176. The van der Waals surface area contributed by atoms with Crippen molar-refractivity contribution in [3.63, 3.8) is 0 Å². The first kappa shape index (κ1) is 21.9. The summed E-state index contributed by atoms with van der Waals surface area (Å²) in [6.45, 7) is 0.173. The van der Waals surface area contributed by atoms with Gasteiger partial charge in [0.15, 0.2) is 9.84 Å². The topological polar surface area (TPSA) is 109 Å². The van der Waals surface area contributed by atoms with Crippen LogP contribution < -0.4 is 4.72 Å². The lowest BCUT2D eigenvalue weighted by Gasteiger charge is -2.09. The Balaban J connectivity index is 1.55. The Bertz CT molecular complexity index is 1320. The zero-order chi connectivity index (χ0) is 22.1. The maximum absolute atomic E-state index is 12.7. The van der Waals surface area contributed by atoms with Crippen LogP contribution in [0.1, 0.15) is 5.56 Å². The Morgan fingerprint density at radius 2 is 1.52 bits per heavy atom. The fraction of sp³-hybridized carbons (Fsp3) is 0.150. The van der Waals surface area contributed by atoms with E-state index in [0.717, 1.165) is 33.0 Å². The lowest BCUT2D eigenvalue weighted by atomic mass is 10.1. The summed E-state index contributed by atoms with van der Waals surface area (Å²) in [6, 6.07) is 13.1. The van der Waals surface area contributed by atoms with E-state index in [1.54, 1.807) is 22.7 Å². The number of aromatic amines is 1. The van der Waals surface area contributed by atoms with E-state index in [4.69, 9.17) is 0 Å². The summed E-state index contributed by atoms with van der Waals surface area (Å²) in [5.41, 5.74) is 2.64. The maximum Gasteiger partial charge on any atom is 0.240 e. The Morgan fingerprint density at radius 1 is 0.903 bits per heavy atom. The van der Waals surface area contributed by atoms with Crippen LogP contribution >= 0.6 is 22.7 Å². The fourth-order valence-electron chi connectivity index (χ4n) is 3.11. The van der Waals surface area contributed by atoms with Gasteiger partial charge in [-0.1, -0.05) is 12.1 Å². The second-order valence-electron chi connectivity index (χ2n) is 6.77. The third kappa shape index (κ3) is 4.80. The van der Waals surface area contributed by atoms with Crippen molar-refractivity contribution in [1.82, 2.24) is 14.9 Å². The Kier molecular flexibility index (Phi) is 6.13. The van der Waals surface area contributed by atoms with Gasteiger partial charge in [0.2, 0.25) is 10.0 Å². The summed E-state index contributed by atoms with van der Waals surface area (Å²) >= 11 is 3.16. The number of benzene rings is 1. The van der Waals surface area contributed by atoms with E-state index in [2.05, 4.69) is 14.9 Å². The number of thiophene rings is 2. The molecule has 2 N–H and O–H groups in total. The summed E-state index contributed by atoms with van der Waals surface area (Å²) in [7, 11) is -7.17. The van der Waals surface area contributed by atoms with Crippen LogP contribution in [0.15, 0.2) is 69.1 Å². The Labute approximate surface area is 188 Å². The van der Waals surface area contributed by atoms with Crippen LogP contribution in [0, 0.1) is 0 Å². The van der Waals surface area contributed by atoms with Crippen LogP contribution in [-0.4, -0.2) is 39.8 Å². The van der Waals surface area contributed by atoms with Gasteiger partial charge in [-0.25, -0.2) is 21.6 Å². The van der Waals surface area contributed by atoms with Crippen molar-refractivity contribution in [2.45, 2.75) is 16.2 Å². The molecule has 4 rings (SSSR count). The number of hydrogen-bond donors (Lipinski definition) is 2. The van der Waals surface area contributed by atoms with Crippen LogP contribution in [0.3, 0.4) is 0 Å². The molecule has 0 atom stereocenters. The molecule has 1 aromatic carbocycles. The first-order valence-corrected chi connectivity index (χ1v) is 14.3. The smallest absolute Gasteiger partial charge is 0.240 e. The first-order valence-electron chi connectivity index (χ1n) is 9.20. The van der Waals surface area contributed by atoms with Crippen molar-refractivity contribution >= 4 is 42.5 Å². The second-order valence-corrected chi connectivity index (χ2v) is 12.4. The van der Waals surface area contributed by atoms with Crippen LogP contribution in [0.25, 0.3) is 21.1 Å². The number of nitrogens with zero attached hydrogens (tertiary/aromatic N) is 1. The molecule has 7 nitrogen and oxygen atoms in total. The Morgan fingerprint density at radius 3 is 2.10 bits per heavy atom. The summed E-state index contributed by atoms with van der Waals surface area (Å²) in [5.74, 6) is 0. The lowest BCUT2D eigenvalue weighted by Crippen LogP contribution is -2.26. The number of nitrogens with one attached hydrogen (secondary N) is 2. The number of hydrogen-bond acceptors (Lipinski definition) is 7. The number of aromatic nitrogens is 2. The van der Waals surface area contributed by atoms with Crippen LogP contribution in [0.5, 0.6) is 0 Å². The summed E-state index contributed by atoms with van der Waals surface area (Å²) in [4.78, 5) is 2.13. The SMILES string of the molecule is CS(=O)(=O)c1ccc(S(=O)(=O)NCCc2c(-c3cccs3)n[nH]c2-c2cccs2)cc1. The van der Waals surface area contributed by atoms with Crippen molar-refractivity contribution in [3.05, 3.63) is 64.9 Å². The molecule has 0 fully saturated rings. The monoisotopic (exact) mass is 493 g/mol. The number of sulfone groups is 1. The van der Waals surface area contributed by atoms with E-state index in [1.165, 1.54) is 24.3 Å². The predicted octanol–water partition coefficient (Wildman–Crippen LogP) is 3.79. The Hall–Kier alpha value is -2.31. The third-order valence-electron chi connectivity index (χ3n) is 4.62. The molecule has 0 aliphatic carbocycles. The van der Waals surface area contributed by atoms with Gasteiger partial charge in [-0.3, -0.25) is 5.10 Å². The fourth-order valence-corrected chi connectivity index (χ4v) is 6.26. The zero-order valence-corrected chi connectivity index (χ0v) is 19.7. The molecule has 3 aromatic heterocycles. The van der Waals surface area contributed by atoms with Gasteiger partial charge in [0.05, 0.1) is 25.2 Å². The molecule has 4 aromatic rings. The molecule has 0 saturated heterocycles. The normalized spacial score (nSPS) is 12.3. The van der Waals surface area contributed by atoms with E-state index >= 15 is 0 Å². The molecule has 0 unspecified atom stereocenters. The van der Waals surface area contributed by atoms with E-state index < -0.39 is 19.9 Å². The summed E-state index contributed by atoms with van der Waals surface area (Å²) < 4.78 is 51.1. The average molecular weight is 494 g/mol. The van der Waals surface area contributed by atoms with E-state index in [1.807, 2.05) is 35.0 Å². The zero-order valence-electron chi connectivity index (χ0n) is 16.4. The highest BCUT2D eigenvalue weighted by molar-refractivity contribution is 7.90. The van der Waals surface area contributed by atoms with E-state index in [-0.39, 0.29) is 16.3 Å². The lowest BCUT2D eigenvalue weighted by molar-refractivity contribution is 0.581. The third-order valence-corrected chi connectivity index (χ3v) is 8.99. The van der Waals surface area contributed by atoms with Crippen LogP contribution in [0.4, 0.5) is 0 Å². The molecular weight excluding hydrogens is 475 g/mol. The van der Waals surface area contributed by atoms with Crippen molar-refractivity contribution < 1.29 is 16.8 Å². The molecule has 11 heteroatoms. The highest BCUT2D eigenvalue weighted by atomic mass is 32.2. The predicted molar refractivity (Wildman–Crippen MR) is 124 cm³/mol. The van der Waals surface area contributed by atoms with E-state index in [9.17, 15) is 16.8 Å². The standard InChI is InChI=1S/C20H19N3O4S4/c1-30(24,25)14-6-8-15(9-7-14)31(26,27)21-11-10-16-19(17-4-2-12-28-17)22-23-20(16)18-5-3-13-29-18/h2-9,12-13,21H,10-11H2,1H3,(H,22,23). The van der Waals surface area contributed by atoms with Gasteiger partial charge in [-0.05, 0) is 53.6 Å². The van der Waals surface area contributed by atoms with Crippen molar-refractivity contribution in [2.24, 2.45) is 0 Å². The van der Waals surface area contributed by atoms with Gasteiger partial charge in [0.25, 0.3) is 0 Å². The van der Waals surface area contributed by atoms with Gasteiger partial charge < -0.3 is 0 Å². The highest BCUT2D eigenvalue weighted by Crippen LogP contribution is 2.34. The molecule has 31 heavy (non-hydrogen) atoms. The molecule has 0 amide bonds. The second kappa shape index (κ2) is 8.67. The summed E-state index contributed by atoms with van der Waals surface area (Å²) in [5, 5.41) is 11.5.